The molecular formula is C3H4N2O3. The predicted molar refractivity (Wildman–Crippen MR) is 23.4 cm³/mol. The minimum absolute atomic E-state index is 1.32. The molecule has 0 heterocycles. The van der Waals surface area contributed by atoms with Gasteiger partial charge < -0.3 is 11.5 Å². The molecule has 0 fully saturated rings. The maximum atomic E-state index is 9.89. The molecule has 0 spiro atoms. The zero-order valence-electron chi connectivity index (χ0n) is 3.88. The minimum Gasteiger partial charge on any atom is -0.363 e. The number of nitrogens with two attached hydrogens (primary N) is 2. The first-order valence-electron chi connectivity index (χ1n) is 1.69. The second-order valence-corrected chi connectivity index (χ2v) is 1.06. The van der Waals surface area contributed by atoms with E-state index in [1.54, 1.807) is 0 Å². The summed E-state index contributed by atoms with van der Waals surface area (Å²) in [5.74, 6) is -4.01. The minimum atomic E-state index is -1.37. The number of carbonyl (C=O) groups is 3. The van der Waals surface area contributed by atoms with E-state index >= 15 is 0 Å². The van der Waals surface area contributed by atoms with Crippen molar-refractivity contribution in [3.8, 4) is 0 Å². The molecule has 0 aliphatic heterocycles. The highest BCUT2D eigenvalue weighted by molar-refractivity contribution is 6.62. The first kappa shape index (κ1) is 6.61. The Hall–Kier alpha value is -1.39. The summed E-state index contributed by atoms with van der Waals surface area (Å²) in [4.78, 5) is 29.3. The normalized spacial score (nSPS) is 8.00. The molecule has 4 N–H and O–H groups in total. The van der Waals surface area contributed by atoms with Gasteiger partial charge in [0.2, 0.25) is 0 Å². The van der Waals surface area contributed by atoms with E-state index in [9.17, 15) is 14.4 Å². The summed E-state index contributed by atoms with van der Waals surface area (Å²) in [6.07, 6.45) is 0. The molecular weight excluding hydrogens is 112 g/mol. The summed E-state index contributed by atoms with van der Waals surface area (Å²) < 4.78 is 0. The van der Waals surface area contributed by atoms with Crippen LogP contribution < -0.4 is 11.5 Å². The molecule has 2 amide bonds. The van der Waals surface area contributed by atoms with Crippen LogP contribution in [0.1, 0.15) is 0 Å². The summed E-state index contributed by atoms with van der Waals surface area (Å²) in [5.41, 5.74) is 8.70. The molecule has 0 aromatic carbocycles. The molecule has 0 atom stereocenters. The maximum absolute atomic E-state index is 9.89. The number of rotatable bonds is 2. The van der Waals surface area contributed by atoms with Gasteiger partial charge in [-0.25, -0.2) is 0 Å². The Balaban J connectivity index is 4.05. The van der Waals surface area contributed by atoms with Crippen molar-refractivity contribution in [3.63, 3.8) is 0 Å². The molecule has 0 unspecified atom stereocenters. The Labute approximate surface area is 44.6 Å². The Morgan fingerprint density at radius 3 is 1.12 bits per heavy atom. The Morgan fingerprint density at radius 2 is 1.12 bits per heavy atom. The number of amides is 2. The van der Waals surface area contributed by atoms with E-state index in [0.29, 0.717) is 0 Å². The number of carbonyl (C=O) groups excluding carboxylic acids is 3. The van der Waals surface area contributed by atoms with Crippen molar-refractivity contribution in [1.29, 1.82) is 0 Å². The quantitative estimate of drug-likeness (QED) is 0.308. The Bertz CT molecular complexity index is 135. The van der Waals surface area contributed by atoms with E-state index in [1.165, 1.54) is 0 Å². The van der Waals surface area contributed by atoms with Gasteiger partial charge in [0, 0.05) is 0 Å². The van der Waals surface area contributed by atoms with Gasteiger partial charge in [0.05, 0.1) is 0 Å². The highest BCUT2D eigenvalue weighted by Crippen LogP contribution is 1.62. The van der Waals surface area contributed by atoms with Gasteiger partial charge in [-0.2, -0.15) is 0 Å². The molecule has 0 aliphatic carbocycles. The van der Waals surface area contributed by atoms with Crippen molar-refractivity contribution in [3.05, 3.63) is 0 Å². The van der Waals surface area contributed by atoms with Gasteiger partial charge in [-0.15, -0.1) is 0 Å². The summed E-state index contributed by atoms with van der Waals surface area (Å²) in [6, 6.07) is 0. The van der Waals surface area contributed by atoms with Crippen LogP contribution >= 0.6 is 0 Å². The van der Waals surface area contributed by atoms with Crippen molar-refractivity contribution in [2.24, 2.45) is 11.5 Å². The van der Waals surface area contributed by atoms with Gasteiger partial charge in [0.1, 0.15) is 0 Å². The van der Waals surface area contributed by atoms with Crippen LogP contribution in [0.15, 0.2) is 0 Å². The van der Waals surface area contributed by atoms with E-state index < -0.39 is 17.6 Å². The van der Waals surface area contributed by atoms with E-state index in [0.717, 1.165) is 0 Å². The van der Waals surface area contributed by atoms with E-state index in [1.807, 2.05) is 0 Å². The third-order valence-corrected chi connectivity index (χ3v) is 0.448. The second-order valence-electron chi connectivity index (χ2n) is 1.06. The summed E-state index contributed by atoms with van der Waals surface area (Å²) in [5, 5.41) is 0. The molecule has 0 aliphatic rings. The van der Waals surface area contributed by atoms with Crippen LogP contribution in [0, 0.1) is 0 Å². The SMILES string of the molecule is NC(=O)C(=O)C(N)=O. The highest BCUT2D eigenvalue weighted by Gasteiger charge is 2.14. The number of ketones is 1. The molecule has 5 heteroatoms. The molecule has 0 saturated heterocycles. The Kier molecular flexibility index (Phi) is 1.70. The van der Waals surface area contributed by atoms with Crippen molar-refractivity contribution in [1.82, 2.24) is 0 Å². The summed E-state index contributed by atoms with van der Waals surface area (Å²) >= 11 is 0. The fourth-order valence-corrected chi connectivity index (χ4v) is 0.121. The van der Waals surface area contributed by atoms with Gasteiger partial charge in [-0.05, 0) is 0 Å². The molecule has 0 radical (unpaired) electrons. The first-order chi connectivity index (χ1) is 3.55. The standard InChI is InChI=1S/C3H4N2O3/c4-2(7)1(6)3(5)8/h(H2,4,7)(H2,5,8). The van der Waals surface area contributed by atoms with Crippen molar-refractivity contribution >= 4 is 17.6 Å². The van der Waals surface area contributed by atoms with E-state index in [-0.39, 0.29) is 0 Å². The molecule has 8 heavy (non-hydrogen) atoms. The fourth-order valence-electron chi connectivity index (χ4n) is 0.121. The fraction of sp³-hybridized carbons (Fsp3) is 0. The zero-order chi connectivity index (χ0) is 6.73. The summed E-state index contributed by atoms with van der Waals surface area (Å²) in [7, 11) is 0. The van der Waals surface area contributed by atoms with Crippen molar-refractivity contribution in [2.75, 3.05) is 0 Å². The molecule has 5 nitrogen and oxygen atoms in total. The average molecular weight is 116 g/mol. The number of primary amides is 2. The number of hydrogen-bond acceptors (Lipinski definition) is 3. The lowest BCUT2D eigenvalue weighted by molar-refractivity contribution is -0.143. The van der Waals surface area contributed by atoms with Crippen LogP contribution in [-0.4, -0.2) is 17.6 Å². The Morgan fingerprint density at radius 1 is 0.875 bits per heavy atom. The topological polar surface area (TPSA) is 103 Å². The first-order valence-corrected chi connectivity index (χ1v) is 1.69. The molecule has 0 rings (SSSR count). The predicted octanol–water partition coefficient (Wildman–Crippen LogP) is -2.47. The van der Waals surface area contributed by atoms with Crippen molar-refractivity contribution in [2.45, 2.75) is 0 Å². The second kappa shape index (κ2) is 2.06. The van der Waals surface area contributed by atoms with Gasteiger partial charge >= 0.3 is 5.78 Å². The zero-order valence-corrected chi connectivity index (χ0v) is 3.88. The van der Waals surface area contributed by atoms with Gasteiger partial charge in [-0.3, -0.25) is 14.4 Å². The third kappa shape index (κ3) is 1.38. The van der Waals surface area contributed by atoms with E-state index in [4.69, 9.17) is 0 Å². The van der Waals surface area contributed by atoms with Crippen LogP contribution in [0.2, 0.25) is 0 Å². The lowest BCUT2D eigenvalue weighted by Gasteiger charge is -1.82. The number of hydrogen-bond donors (Lipinski definition) is 2. The van der Waals surface area contributed by atoms with Gasteiger partial charge in [0.25, 0.3) is 11.8 Å². The molecule has 0 bridgehead atoms. The van der Waals surface area contributed by atoms with Crippen LogP contribution in [0.4, 0.5) is 0 Å². The van der Waals surface area contributed by atoms with Crippen molar-refractivity contribution < 1.29 is 14.4 Å². The molecule has 44 valence electrons. The highest BCUT2D eigenvalue weighted by atomic mass is 16.2. The average Bonchev–Trinajstić information content (AvgIpc) is 1.64. The third-order valence-electron chi connectivity index (χ3n) is 0.448. The largest absolute Gasteiger partial charge is 0.363 e. The van der Waals surface area contributed by atoms with Gasteiger partial charge in [-0.1, -0.05) is 0 Å². The van der Waals surface area contributed by atoms with Crippen LogP contribution in [0.3, 0.4) is 0 Å². The molecule has 0 aromatic heterocycles. The monoisotopic (exact) mass is 116 g/mol. The lowest BCUT2D eigenvalue weighted by atomic mass is 10.4. The number of Topliss-reactive ketones (excluding diaryl/α,β-unsaturated/α-hetero) is 1. The van der Waals surface area contributed by atoms with Crippen LogP contribution in [0.25, 0.3) is 0 Å². The molecule has 0 aromatic rings. The lowest BCUT2D eigenvalue weighted by Crippen LogP contribution is -2.35. The van der Waals surface area contributed by atoms with Crippen LogP contribution in [0.5, 0.6) is 0 Å². The molecule has 0 saturated carbocycles. The maximum Gasteiger partial charge on any atom is 0.306 e. The van der Waals surface area contributed by atoms with Gasteiger partial charge in [0.15, 0.2) is 0 Å². The summed E-state index contributed by atoms with van der Waals surface area (Å²) in [6.45, 7) is 0. The van der Waals surface area contributed by atoms with E-state index in [2.05, 4.69) is 11.5 Å². The smallest absolute Gasteiger partial charge is 0.306 e. The van der Waals surface area contributed by atoms with Crippen LogP contribution in [-0.2, 0) is 14.4 Å².